The van der Waals surface area contributed by atoms with Crippen LogP contribution in [0.1, 0.15) is 48.2 Å². The largest absolute Gasteiger partial charge is 0.351 e. The van der Waals surface area contributed by atoms with Crippen molar-refractivity contribution in [3.63, 3.8) is 0 Å². The van der Waals surface area contributed by atoms with Gasteiger partial charge in [-0.3, -0.25) is 19.5 Å². The average molecular weight is 605 g/mol. The van der Waals surface area contributed by atoms with E-state index < -0.39 is 0 Å². The lowest BCUT2D eigenvalue weighted by molar-refractivity contribution is -0.129. The van der Waals surface area contributed by atoms with Gasteiger partial charge in [-0.15, -0.1) is 0 Å². The lowest BCUT2D eigenvalue weighted by Crippen LogP contribution is -2.25. The number of rotatable bonds is 12. The Kier molecular flexibility index (Phi) is 9.59. The number of unbranched alkanes of at least 4 members (excludes halogenated alkanes) is 3. The first kappa shape index (κ1) is 29.4. The fourth-order valence-corrected chi connectivity index (χ4v) is 5.36. The van der Waals surface area contributed by atoms with E-state index in [0.29, 0.717) is 35.2 Å². The SMILES string of the molecule is O=C(CCCCCCNC(=O)c1[nH]c2cc(Cl)ccc2c1-c1c(-c2ccccc2)cnn1Cc1ccc(Cl)cc1)NO. The zero-order valence-electron chi connectivity index (χ0n) is 22.9. The highest BCUT2D eigenvalue weighted by molar-refractivity contribution is 6.31. The van der Waals surface area contributed by atoms with Crippen LogP contribution in [0.25, 0.3) is 33.3 Å². The molecule has 5 rings (SSSR count). The molecule has 2 heterocycles. The molecule has 3 aromatic carbocycles. The molecule has 0 unspecified atom stereocenters. The molecule has 42 heavy (non-hydrogen) atoms. The minimum atomic E-state index is -0.389. The molecule has 0 atom stereocenters. The Labute approximate surface area is 253 Å². The van der Waals surface area contributed by atoms with Crippen molar-refractivity contribution in [2.24, 2.45) is 0 Å². The second-order valence-electron chi connectivity index (χ2n) is 10.1. The Bertz CT molecular complexity index is 1680. The molecule has 216 valence electrons. The summed E-state index contributed by atoms with van der Waals surface area (Å²) in [7, 11) is 0. The van der Waals surface area contributed by atoms with Crippen molar-refractivity contribution in [1.29, 1.82) is 0 Å². The standard InChI is InChI=1S/C32H31Cl2N5O3/c33-23-13-11-21(12-14-23)20-39-31(26(19-36-39)22-8-4-3-5-9-22)29-25-16-15-24(34)18-27(25)37-30(29)32(41)35-17-7-2-1-6-10-28(40)38-42/h3-5,8-9,11-16,18-19,37,42H,1-2,6-7,10,17,20H2,(H,35,41)(H,38,40). The number of hydrogen-bond donors (Lipinski definition) is 4. The third-order valence-electron chi connectivity index (χ3n) is 7.14. The summed E-state index contributed by atoms with van der Waals surface area (Å²) in [6, 6.07) is 23.2. The minimum Gasteiger partial charge on any atom is -0.351 e. The van der Waals surface area contributed by atoms with Crippen LogP contribution in [0.5, 0.6) is 0 Å². The number of carbonyl (C=O) groups is 2. The number of amides is 2. The molecular formula is C32H31Cl2N5O3. The number of hydrogen-bond acceptors (Lipinski definition) is 4. The Morgan fingerprint density at radius 1 is 0.905 bits per heavy atom. The van der Waals surface area contributed by atoms with Crippen LogP contribution in [0.2, 0.25) is 10.0 Å². The van der Waals surface area contributed by atoms with Crippen molar-refractivity contribution in [2.75, 3.05) is 6.54 Å². The van der Waals surface area contributed by atoms with E-state index in [9.17, 15) is 9.59 Å². The lowest BCUT2D eigenvalue weighted by Gasteiger charge is -2.13. The molecule has 0 spiro atoms. The smallest absolute Gasteiger partial charge is 0.268 e. The topological polar surface area (TPSA) is 112 Å². The maximum Gasteiger partial charge on any atom is 0.268 e. The Morgan fingerprint density at radius 2 is 1.64 bits per heavy atom. The third-order valence-corrected chi connectivity index (χ3v) is 7.62. The highest BCUT2D eigenvalue weighted by Crippen LogP contribution is 2.40. The monoisotopic (exact) mass is 603 g/mol. The summed E-state index contributed by atoms with van der Waals surface area (Å²) in [4.78, 5) is 28.2. The molecule has 0 aliphatic heterocycles. The van der Waals surface area contributed by atoms with E-state index in [4.69, 9.17) is 33.5 Å². The highest BCUT2D eigenvalue weighted by Gasteiger charge is 2.25. The van der Waals surface area contributed by atoms with E-state index in [-0.39, 0.29) is 18.2 Å². The molecule has 10 heteroatoms. The molecule has 8 nitrogen and oxygen atoms in total. The number of hydroxylamine groups is 1. The Balaban J connectivity index is 1.49. The van der Waals surface area contributed by atoms with Crippen molar-refractivity contribution >= 4 is 45.9 Å². The molecular weight excluding hydrogens is 573 g/mol. The van der Waals surface area contributed by atoms with Gasteiger partial charge in [0.1, 0.15) is 5.69 Å². The summed E-state index contributed by atoms with van der Waals surface area (Å²) in [5.41, 5.74) is 7.31. The fraction of sp³-hybridized carbons (Fsp3) is 0.219. The van der Waals surface area contributed by atoms with Crippen molar-refractivity contribution in [3.05, 3.63) is 100 Å². The number of nitrogens with zero attached hydrogens (tertiary/aromatic N) is 2. The Morgan fingerprint density at radius 3 is 2.40 bits per heavy atom. The number of aromatic nitrogens is 3. The predicted molar refractivity (Wildman–Crippen MR) is 166 cm³/mol. The van der Waals surface area contributed by atoms with Gasteiger partial charge in [-0.2, -0.15) is 5.10 Å². The van der Waals surface area contributed by atoms with Gasteiger partial charge in [0.05, 0.1) is 18.4 Å². The van der Waals surface area contributed by atoms with Gasteiger partial charge in [0.2, 0.25) is 5.91 Å². The zero-order valence-corrected chi connectivity index (χ0v) is 24.4. The van der Waals surface area contributed by atoms with Crippen LogP contribution in [0.4, 0.5) is 0 Å². The zero-order chi connectivity index (χ0) is 29.5. The molecule has 2 amide bonds. The van der Waals surface area contributed by atoms with Crippen molar-refractivity contribution in [3.8, 4) is 22.4 Å². The van der Waals surface area contributed by atoms with Gasteiger partial charge in [0.25, 0.3) is 5.91 Å². The molecule has 0 saturated carbocycles. The van der Waals surface area contributed by atoms with E-state index in [1.54, 1.807) is 5.48 Å². The summed E-state index contributed by atoms with van der Waals surface area (Å²) in [5, 5.41) is 18.5. The number of nitrogens with one attached hydrogen (secondary N) is 3. The molecule has 0 aliphatic rings. The third kappa shape index (κ3) is 6.85. The Hall–Kier alpha value is -4.11. The van der Waals surface area contributed by atoms with Gasteiger partial charge in [-0.25, -0.2) is 5.48 Å². The number of benzene rings is 3. The first-order valence-corrected chi connectivity index (χ1v) is 14.6. The molecule has 0 aliphatic carbocycles. The normalized spacial score (nSPS) is 11.1. The van der Waals surface area contributed by atoms with Crippen LogP contribution >= 0.6 is 23.2 Å². The quantitative estimate of drug-likeness (QED) is 0.0683. The van der Waals surface area contributed by atoms with Crippen LogP contribution in [0.15, 0.2) is 79.0 Å². The number of H-pyrrole nitrogens is 1. The van der Waals surface area contributed by atoms with Crippen LogP contribution in [0, 0.1) is 0 Å². The summed E-state index contributed by atoms with van der Waals surface area (Å²) in [6.07, 6.45) is 5.22. The maximum absolute atomic E-state index is 13.7. The highest BCUT2D eigenvalue weighted by atomic mass is 35.5. The summed E-state index contributed by atoms with van der Waals surface area (Å²) >= 11 is 12.5. The molecule has 0 bridgehead atoms. The molecule has 0 fully saturated rings. The summed E-state index contributed by atoms with van der Waals surface area (Å²) < 4.78 is 1.92. The van der Waals surface area contributed by atoms with E-state index in [1.807, 2.05) is 83.7 Å². The number of halogens is 2. The van der Waals surface area contributed by atoms with Gasteiger partial charge in [0, 0.05) is 45.0 Å². The van der Waals surface area contributed by atoms with Gasteiger partial charge in [-0.1, -0.05) is 84.6 Å². The number of fused-ring (bicyclic) bond motifs is 1. The van der Waals surface area contributed by atoms with Crippen LogP contribution in [-0.4, -0.2) is 38.3 Å². The van der Waals surface area contributed by atoms with E-state index in [1.165, 1.54) is 0 Å². The summed E-state index contributed by atoms with van der Waals surface area (Å²) in [5.74, 6) is -0.616. The first-order chi connectivity index (χ1) is 20.4. The predicted octanol–water partition coefficient (Wildman–Crippen LogP) is 7.24. The number of aromatic amines is 1. The average Bonchev–Trinajstić information content (AvgIpc) is 3.58. The lowest BCUT2D eigenvalue weighted by atomic mass is 9.98. The molecule has 4 N–H and O–H groups in total. The van der Waals surface area contributed by atoms with Gasteiger partial charge in [-0.05, 0) is 48.2 Å². The second kappa shape index (κ2) is 13.7. The van der Waals surface area contributed by atoms with Gasteiger partial charge >= 0.3 is 0 Å². The molecule has 2 aromatic heterocycles. The van der Waals surface area contributed by atoms with E-state index >= 15 is 0 Å². The fourth-order valence-electron chi connectivity index (χ4n) is 5.06. The van der Waals surface area contributed by atoms with Crippen LogP contribution in [-0.2, 0) is 11.3 Å². The molecule has 0 radical (unpaired) electrons. The van der Waals surface area contributed by atoms with Gasteiger partial charge in [0.15, 0.2) is 0 Å². The van der Waals surface area contributed by atoms with Crippen molar-refractivity contribution in [1.82, 2.24) is 25.6 Å². The summed E-state index contributed by atoms with van der Waals surface area (Å²) in [6.45, 7) is 0.963. The van der Waals surface area contributed by atoms with Crippen molar-refractivity contribution in [2.45, 2.75) is 38.6 Å². The molecule has 0 saturated heterocycles. The molecule has 5 aromatic rings. The first-order valence-electron chi connectivity index (χ1n) is 13.8. The maximum atomic E-state index is 13.7. The second-order valence-corrected chi connectivity index (χ2v) is 10.9. The van der Waals surface area contributed by atoms with Crippen molar-refractivity contribution < 1.29 is 14.8 Å². The van der Waals surface area contributed by atoms with Crippen LogP contribution in [0.3, 0.4) is 0 Å². The van der Waals surface area contributed by atoms with Crippen LogP contribution < -0.4 is 10.8 Å². The minimum absolute atomic E-state index is 0.227. The van der Waals surface area contributed by atoms with Gasteiger partial charge < -0.3 is 10.3 Å². The van der Waals surface area contributed by atoms with E-state index in [2.05, 4.69) is 10.3 Å². The number of carbonyl (C=O) groups excluding carboxylic acids is 2. The van der Waals surface area contributed by atoms with E-state index in [0.717, 1.165) is 58.1 Å².